The zero-order valence-corrected chi connectivity index (χ0v) is 19.9. The highest BCUT2D eigenvalue weighted by Crippen LogP contribution is 2.55. The van der Waals surface area contributed by atoms with E-state index >= 15 is 0 Å². The molecule has 0 bridgehead atoms. The van der Waals surface area contributed by atoms with Crippen molar-refractivity contribution in [3.63, 3.8) is 0 Å². The fourth-order valence-electron chi connectivity index (χ4n) is 5.60. The summed E-state index contributed by atoms with van der Waals surface area (Å²) in [6.07, 6.45) is 0. The van der Waals surface area contributed by atoms with Crippen molar-refractivity contribution in [2.75, 3.05) is 0 Å². The molecule has 35 heavy (non-hydrogen) atoms. The van der Waals surface area contributed by atoms with E-state index in [1.54, 1.807) is 0 Å². The van der Waals surface area contributed by atoms with Crippen molar-refractivity contribution in [1.82, 2.24) is 0 Å². The van der Waals surface area contributed by atoms with Crippen molar-refractivity contribution in [2.45, 2.75) is 18.9 Å². The Bertz CT molecular complexity index is 1470. The van der Waals surface area contributed by atoms with Gasteiger partial charge >= 0.3 is 0 Å². The van der Waals surface area contributed by atoms with Crippen LogP contribution in [-0.2, 0) is 12.0 Å². The van der Waals surface area contributed by atoms with Gasteiger partial charge in [-0.05, 0) is 51.4 Å². The third kappa shape index (κ3) is 3.52. The summed E-state index contributed by atoms with van der Waals surface area (Å²) in [7, 11) is 0. The molecule has 0 radical (unpaired) electrons. The summed E-state index contributed by atoms with van der Waals surface area (Å²) < 4.78 is 0. The van der Waals surface area contributed by atoms with Gasteiger partial charge in [-0.1, -0.05) is 133 Å². The minimum Gasteiger partial charge on any atom is -0.285 e. The Kier molecular flexibility index (Phi) is 5.39. The first-order chi connectivity index (χ1) is 17.3. The molecule has 0 saturated heterocycles. The Morgan fingerprint density at radius 3 is 1.77 bits per heavy atom. The second-order valence-corrected chi connectivity index (χ2v) is 9.18. The average molecular weight is 450 g/mol. The summed E-state index contributed by atoms with van der Waals surface area (Å²) in [4.78, 5) is 4.93. The third-order valence-electron chi connectivity index (χ3n) is 7.21. The summed E-state index contributed by atoms with van der Waals surface area (Å²) in [6.45, 7) is 2.75. The van der Waals surface area contributed by atoms with E-state index in [4.69, 9.17) is 4.99 Å². The second-order valence-electron chi connectivity index (χ2n) is 9.18. The van der Waals surface area contributed by atoms with Gasteiger partial charge in [-0.2, -0.15) is 0 Å². The molecule has 1 nitrogen and oxygen atoms in total. The maximum atomic E-state index is 4.93. The zero-order valence-electron chi connectivity index (χ0n) is 19.9. The summed E-state index contributed by atoms with van der Waals surface area (Å²) in [5.41, 5.74) is 11.0. The minimum absolute atomic E-state index is 0.358. The predicted molar refractivity (Wildman–Crippen MR) is 146 cm³/mol. The summed E-state index contributed by atoms with van der Waals surface area (Å²) in [5, 5.41) is 0. The van der Waals surface area contributed by atoms with Crippen molar-refractivity contribution in [2.24, 2.45) is 4.99 Å². The third-order valence-corrected chi connectivity index (χ3v) is 7.21. The van der Waals surface area contributed by atoms with Gasteiger partial charge in [0.2, 0.25) is 0 Å². The van der Waals surface area contributed by atoms with Crippen LogP contribution in [-0.4, -0.2) is 5.71 Å². The van der Waals surface area contributed by atoms with E-state index in [9.17, 15) is 0 Å². The highest BCUT2D eigenvalue weighted by molar-refractivity contribution is 5.98. The molecule has 1 aliphatic rings. The highest BCUT2D eigenvalue weighted by atomic mass is 14.7. The van der Waals surface area contributed by atoms with Crippen LogP contribution in [0.3, 0.4) is 0 Å². The van der Waals surface area contributed by atoms with Gasteiger partial charge in [-0.25, -0.2) is 0 Å². The minimum atomic E-state index is -0.358. The van der Waals surface area contributed by atoms with E-state index in [2.05, 4.69) is 134 Å². The van der Waals surface area contributed by atoms with Crippen LogP contribution in [0.2, 0.25) is 0 Å². The summed E-state index contributed by atoms with van der Waals surface area (Å²) in [6, 6.07) is 48.1. The van der Waals surface area contributed by atoms with Gasteiger partial charge in [0, 0.05) is 5.71 Å². The molecule has 0 aliphatic heterocycles. The van der Waals surface area contributed by atoms with Crippen LogP contribution in [0.25, 0.3) is 11.1 Å². The smallest absolute Gasteiger partial charge is 0.0713 e. The number of fused-ring (bicyclic) bond motifs is 3. The molecule has 0 atom stereocenters. The number of aliphatic imine (C=N–C) groups is 1. The van der Waals surface area contributed by atoms with Crippen molar-refractivity contribution in [1.29, 1.82) is 0 Å². The molecule has 0 unspecified atom stereocenters. The van der Waals surface area contributed by atoms with Crippen LogP contribution in [0.4, 0.5) is 0 Å². The quantitative estimate of drug-likeness (QED) is 0.236. The molecule has 1 aliphatic carbocycles. The fraction of sp³-hybridized carbons (Fsp3) is 0.0882. The Morgan fingerprint density at radius 1 is 0.571 bits per heavy atom. The number of hydrogen-bond acceptors (Lipinski definition) is 1. The lowest BCUT2D eigenvalue weighted by Gasteiger charge is -2.34. The molecule has 0 spiro atoms. The van der Waals surface area contributed by atoms with Crippen LogP contribution in [0.1, 0.15) is 40.3 Å². The van der Waals surface area contributed by atoms with Crippen LogP contribution < -0.4 is 0 Å². The predicted octanol–water partition coefficient (Wildman–Crippen LogP) is 8.06. The largest absolute Gasteiger partial charge is 0.285 e. The number of hydrogen-bond donors (Lipinski definition) is 0. The summed E-state index contributed by atoms with van der Waals surface area (Å²) >= 11 is 0. The summed E-state index contributed by atoms with van der Waals surface area (Å²) in [5.74, 6) is 0. The van der Waals surface area contributed by atoms with Gasteiger partial charge in [0.25, 0.3) is 0 Å². The molecule has 6 rings (SSSR count). The molecule has 0 aromatic heterocycles. The molecule has 0 saturated carbocycles. The van der Waals surface area contributed by atoms with E-state index in [0.29, 0.717) is 6.54 Å². The van der Waals surface area contributed by atoms with Crippen LogP contribution in [0.15, 0.2) is 138 Å². The molecule has 1 heteroatoms. The Balaban J connectivity index is 1.53. The Hall–Kier alpha value is -4.23. The van der Waals surface area contributed by atoms with Gasteiger partial charge in [-0.3, -0.25) is 4.99 Å². The standard InChI is InChI=1S/C34H27N/c1-25(27-14-4-2-5-15-27)35-24-26-13-12-18-29(23-26)34(28-16-6-3-7-17-28)32-21-10-8-19-30(32)31-20-9-11-22-33(31)34/h2-23H,24H2,1H3/b35-25+. The van der Waals surface area contributed by atoms with Gasteiger partial charge in [0.1, 0.15) is 0 Å². The van der Waals surface area contributed by atoms with Gasteiger partial charge < -0.3 is 0 Å². The van der Waals surface area contributed by atoms with Crippen LogP contribution >= 0.6 is 0 Å². The highest BCUT2D eigenvalue weighted by Gasteiger charge is 2.45. The second kappa shape index (κ2) is 8.85. The first-order valence-corrected chi connectivity index (χ1v) is 12.2. The van der Waals surface area contributed by atoms with E-state index in [1.807, 2.05) is 6.07 Å². The van der Waals surface area contributed by atoms with E-state index in [-0.39, 0.29) is 5.41 Å². The first kappa shape index (κ1) is 21.3. The Labute approximate surface area is 207 Å². The fourth-order valence-corrected chi connectivity index (χ4v) is 5.60. The number of rotatable bonds is 5. The Morgan fingerprint density at radius 2 is 1.11 bits per heavy atom. The molecular formula is C34H27N. The topological polar surface area (TPSA) is 12.4 Å². The van der Waals surface area contributed by atoms with E-state index < -0.39 is 0 Å². The lowest BCUT2D eigenvalue weighted by molar-refractivity contribution is 0.766. The molecule has 5 aromatic carbocycles. The van der Waals surface area contributed by atoms with Crippen molar-refractivity contribution < 1.29 is 0 Å². The van der Waals surface area contributed by atoms with Crippen molar-refractivity contribution in [3.8, 4) is 11.1 Å². The molecular weight excluding hydrogens is 422 g/mol. The molecule has 0 fully saturated rings. The monoisotopic (exact) mass is 449 g/mol. The van der Waals surface area contributed by atoms with Gasteiger partial charge in [0.05, 0.1) is 12.0 Å². The van der Waals surface area contributed by atoms with E-state index in [1.165, 1.54) is 44.5 Å². The lowest BCUT2D eigenvalue weighted by Crippen LogP contribution is -2.28. The van der Waals surface area contributed by atoms with Crippen LogP contribution in [0, 0.1) is 0 Å². The molecule has 0 amide bonds. The van der Waals surface area contributed by atoms with Gasteiger partial charge in [-0.15, -0.1) is 0 Å². The number of benzene rings is 5. The molecule has 5 aromatic rings. The molecule has 168 valence electrons. The maximum absolute atomic E-state index is 4.93. The first-order valence-electron chi connectivity index (χ1n) is 12.2. The normalized spacial score (nSPS) is 13.8. The molecule has 0 heterocycles. The average Bonchev–Trinajstić information content (AvgIpc) is 3.24. The van der Waals surface area contributed by atoms with E-state index in [0.717, 1.165) is 5.71 Å². The SMILES string of the molecule is C/C(=N\Cc1cccc(C2(c3ccccc3)c3ccccc3-c3ccccc32)c1)c1ccccc1. The van der Waals surface area contributed by atoms with Gasteiger partial charge in [0.15, 0.2) is 0 Å². The zero-order chi connectivity index (χ0) is 23.7. The number of nitrogens with zero attached hydrogens (tertiary/aromatic N) is 1. The van der Waals surface area contributed by atoms with Crippen molar-refractivity contribution >= 4 is 5.71 Å². The molecule has 0 N–H and O–H groups in total. The lowest BCUT2D eigenvalue weighted by atomic mass is 9.67. The van der Waals surface area contributed by atoms with Crippen molar-refractivity contribution in [3.05, 3.63) is 167 Å². The maximum Gasteiger partial charge on any atom is 0.0713 e. The van der Waals surface area contributed by atoms with Crippen LogP contribution in [0.5, 0.6) is 0 Å².